The Balaban J connectivity index is 1.75. The molecule has 3 heterocycles. The molecule has 1 fully saturated rings. The van der Waals surface area contributed by atoms with E-state index >= 15 is 0 Å². The first-order valence-electron chi connectivity index (χ1n) is 8.40. The van der Waals surface area contributed by atoms with E-state index in [9.17, 15) is 9.59 Å². The summed E-state index contributed by atoms with van der Waals surface area (Å²) in [5.74, 6) is 0.115. The Morgan fingerprint density at radius 1 is 1.08 bits per heavy atom. The van der Waals surface area contributed by atoms with Gasteiger partial charge in [-0.1, -0.05) is 41.4 Å². The summed E-state index contributed by atoms with van der Waals surface area (Å²) in [6, 6.07) is 11.1. The van der Waals surface area contributed by atoms with E-state index in [4.69, 9.17) is 23.2 Å². The molecule has 3 aliphatic rings. The third kappa shape index (κ3) is 1.99. The quantitative estimate of drug-likeness (QED) is 0.714. The first-order valence-corrected chi connectivity index (χ1v) is 10.1. The lowest BCUT2D eigenvalue weighted by Crippen LogP contribution is -2.50. The monoisotopic (exact) mass is 404 g/mol. The van der Waals surface area contributed by atoms with E-state index in [1.807, 2.05) is 17.0 Å². The van der Waals surface area contributed by atoms with Crippen molar-refractivity contribution in [2.75, 3.05) is 22.1 Å². The van der Waals surface area contributed by atoms with Crippen LogP contribution in [0, 0.1) is 0 Å². The van der Waals surface area contributed by atoms with Gasteiger partial charge >= 0.3 is 0 Å². The number of aryl methyl sites for hydroxylation is 1. The van der Waals surface area contributed by atoms with Crippen LogP contribution in [0.25, 0.3) is 0 Å². The highest BCUT2D eigenvalue weighted by atomic mass is 35.5. The number of carbonyl (C=O) groups is 2. The summed E-state index contributed by atoms with van der Waals surface area (Å²) >= 11 is 13.6. The van der Waals surface area contributed by atoms with Crippen LogP contribution in [0.3, 0.4) is 0 Å². The molecule has 132 valence electrons. The molecule has 1 atom stereocenters. The minimum Gasteiger partial charge on any atom is -0.309 e. The molecular formula is C19H14Cl2N2O2S. The van der Waals surface area contributed by atoms with E-state index in [0.29, 0.717) is 22.3 Å². The van der Waals surface area contributed by atoms with E-state index < -0.39 is 4.87 Å². The Kier molecular flexibility index (Phi) is 3.58. The van der Waals surface area contributed by atoms with Crippen LogP contribution in [-0.2, 0) is 20.9 Å². The third-order valence-corrected chi connectivity index (χ3v) is 7.37. The second-order valence-electron chi connectivity index (χ2n) is 6.63. The van der Waals surface area contributed by atoms with E-state index in [-0.39, 0.29) is 17.6 Å². The average Bonchev–Trinajstić information content (AvgIpc) is 3.11. The summed E-state index contributed by atoms with van der Waals surface area (Å²) in [7, 11) is 0. The highest BCUT2D eigenvalue weighted by Crippen LogP contribution is 2.57. The summed E-state index contributed by atoms with van der Waals surface area (Å²) in [6.45, 7) is 0.689. The zero-order valence-corrected chi connectivity index (χ0v) is 16.0. The molecule has 0 aliphatic carbocycles. The van der Waals surface area contributed by atoms with Gasteiger partial charge in [0.2, 0.25) is 10.8 Å². The summed E-state index contributed by atoms with van der Waals surface area (Å²) < 4.78 is 0. The van der Waals surface area contributed by atoms with Gasteiger partial charge in [0.25, 0.3) is 5.91 Å². The summed E-state index contributed by atoms with van der Waals surface area (Å²) in [5, 5.41) is 0.786. The molecule has 2 amide bonds. The molecule has 0 saturated carbocycles. The molecule has 0 bridgehead atoms. The third-order valence-electron chi connectivity index (χ3n) is 5.25. The van der Waals surface area contributed by atoms with Crippen LogP contribution in [0.1, 0.15) is 17.5 Å². The maximum absolute atomic E-state index is 13.5. The number of hydrogen-bond donors (Lipinski definition) is 0. The fourth-order valence-corrected chi connectivity index (χ4v) is 5.85. The van der Waals surface area contributed by atoms with Crippen LogP contribution in [0.5, 0.6) is 0 Å². The molecule has 1 spiro atoms. The van der Waals surface area contributed by atoms with E-state index in [1.165, 1.54) is 17.3 Å². The molecule has 0 aromatic heterocycles. The first-order chi connectivity index (χ1) is 12.5. The van der Waals surface area contributed by atoms with Crippen molar-refractivity contribution < 1.29 is 9.59 Å². The van der Waals surface area contributed by atoms with Crippen molar-refractivity contribution in [3.8, 4) is 0 Å². The number of amides is 2. The van der Waals surface area contributed by atoms with Crippen LogP contribution in [-0.4, -0.2) is 24.1 Å². The average molecular weight is 405 g/mol. The lowest BCUT2D eigenvalue weighted by Gasteiger charge is -2.33. The van der Waals surface area contributed by atoms with Gasteiger partial charge in [0.05, 0.1) is 21.5 Å². The van der Waals surface area contributed by atoms with Crippen molar-refractivity contribution in [2.45, 2.75) is 17.7 Å². The molecule has 2 aromatic carbocycles. The van der Waals surface area contributed by atoms with E-state index in [1.54, 1.807) is 23.1 Å². The van der Waals surface area contributed by atoms with Gasteiger partial charge in [-0.2, -0.15) is 0 Å². The molecule has 0 radical (unpaired) electrons. The normalized spacial score (nSPS) is 23.9. The van der Waals surface area contributed by atoms with Crippen molar-refractivity contribution >= 4 is 58.2 Å². The van der Waals surface area contributed by atoms with Crippen molar-refractivity contribution in [3.05, 3.63) is 57.6 Å². The number of thioether (sulfide) groups is 1. The second-order valence-corrected chi connectivity index (χ2v) is 8.62. The molecule has 5 rings (SSSR count). The van der Waals surface area contributed by atoms with Crippen LogP contribution in [0.4, 0.5) is 11.4 Å². The van der Waals surface area contributed by atoms with Crippen molar-refractivity contribution in [2.24, 2.45) is 0 Å². The Hall–Kier alpha value is -1.69. The maximum atomic E-state index is 13.5. The van der Waals surface area contributed by atoms with Crippen molar-refractivity contribution in [1.29, 1.82) is 0 Å². The Morgan fingerprint density at radius 3 is 2.73 bits per heavy atom. The number of carbonyl (C=O) groups excluding carboxylic acids is 2. The lowest BCUT2D eigenvalue weighted by molar-refractivity contribution is -0.123. The van der Waals surface area contributed by atoms with E-state index in [0.717, 1.165) is 24.1 Å². The fraction of sp³-hybridized carbons (Fsp3) is 0.263. The van der Waals surface area contributed by atoms with Crippen molar-refractivity contribution in [3.63, 3.8) is 0 Å². The second kappa shape index (κ2) is 5.65. The summed E-state index contributed by atoms with van der Waals surface area (Å²) in [6.07, 6.45) is 1.89. The molecule has 26 heavy (non-hydrogen) atoms. The molecular weight excluding hydrogens is 391 g/mol. The van der Waals surface area contributed by atoms with Gasteiger partial charge < -0.3 is 4.90 Å². The topological polar surface area (TPSA) is 40.6 Å². The van der Waals surface area contributed by atoms with Crippen LogP contribution in [0.2, 0.25) is 10.0 Å². The zero-order chi connectivity index (χ0) is 18.1. The molecule has 2 aromatic rings. The number of para-hydroxylation sites is 1. The molecule has 0 unspecified atom stereocenters. The zero-order valence-electron chi connectivity index (χ0n) is 13.7. The number of nitrogens with zero attached hydrogens (tertiary/aromatic N) is 2. The highest BCUT2D eigenvalue weighted by Gasteiger charge is 2.61. The van der Waals surface area contributed by atoms with Crippen molar-refractivity contribution in [1.82, 2.24) is 0 Å². The SMILES string of the molecule is O=C1CS[C@@]2(C(=O)N3CCCc4cccc2c43)N1c1ccc(Cl)c(Cl)c1. The molecule has 3 aliphatic heterocycles. The Morgan fingerprint density at radius 2 is 1.92 bits per heavy atom. The van der Waals surface area contributed by atoms with Gasteiger partial charge in [0.1, 0.15) is 0 Å². The highest BCUT2D eigenvalue weighted by molar-refractivity contribution is 8.02. The smallest absolute Gasteiger partial charge is 0.268 e. The maximum Gasteiger partial charge on any atom is 0.268 e. The minimum absolute atomic E-state index is 0.0402. The Bertz CT molecular complexity index is 980. The number of halogens is 2. The number of rotatable bonds is 1. The van der Waals surface area contributed by atoms with E-state index in [2.05, 4.69) is 6.07 Å². The lowest BCUT2D eigenvalue weighted by atomic mass is 9.98. The van der Waals surface area contributed by atoms with Crippen LogP contribution < -0.4 is 9.80 Å². The largest absolute Gasteiger partial charge is 0.309 e. The Labute approximate surface area is 165 Å². The number of fused-ring (bicyclic) bond motifs is 1. The number of hydrogen-bond acceptors (Lipinski definition) is 3. The van der Waals surface area contributed by atoms with Crippen LogP contribution >= 0.6 is 35.0 Å². The standard InChI is InChI=1S/C19H14Cl2N2O2S/c20-14-7-6-12(9-15(14)21)23-16(24)10-26-19(23)13-5-1-3-11-4-2-8-22(17(11)13)18(19)25/h1,3,5-7,9H,2,4,8,10H2/t19-/m0/s1. The molecule has 7 heteroatoms. The van der Waals surface area contributed by atoms with Gasteiger partial charge in [0, 0.05) is 17.8 Å². The van der Waals surface area contributed by atoms with Gasteiger partial charge in [-0.3, -0.25) is 14.5 Å². The van der Waals surface area contributed by atoms with Gasteiger partial charge in [-0.25, -0.2) is 0 Å². The van der Waals surface area contributed by atoms with Gasteiger partial charge in [0.15, 0.2) is 0 Å². The minimum atomic E-state index is -1.05. The molecule has 4 nitrogen and oxygen atoms in total. The number of benzene rings is 2. The molecule has 0 N–H and O–H groups in total. The van der Waals surface area contributed by atoms with Gasteiger partial charge in [-0.05, 0) is 36.6 Å². The fourth-order valence-electron chi connectivity index (χ4n) is 4.20. The number of anilines is 2. The van der Waals surface area contributed by atoms with Gasteiger partial charge in [-0.15, -0.1) is 11.8 Å². The molecule has 1 saturated heterocycles. The van der Waals surface area contributed by atoms with Crippen LogP contribution in [0.15, 0.2) is 36.4 Å². The summed E-state index contributed by atoms with van der Waals surface area (Å²) in [5.41, 5.74) is 3.66. The summed E-state index contributed by atoms with van der Waals surface area (Å²) in [4.78, 5) is 28.8. The predicted molar refractivity (Wildman–Crippen MR) is 105 cm³/mol. The predicted octanol–water partition coefficient (Wildman–Crippen LogP) is 4.22. The first kappa shape index (κ1) is 16.5.